The van der Waals surface area contributed by atoms with Gasteiger partial charge in [0.1, 0.15) is 5.75 Å². The number of carbonyl (C=O) groups excluding carboxylic acids is 1. The average molecular weight is 364 g/mol. The lowest BCUT2D eigenvalue weighted by Gasteiger charge is -2.15. The maximum atomic E-state index is 12.5. The summed E-state index contributed by atoms with van der Waals surface area (Å²) in [6.07, 6.45) is 0. The van der Waals surface area contributed by atoms with Crippen molar-refractivity contribution in [1.29, 1.82) is 0 Å². The van der Waals surface area contributed by atoms with Gasteiger partial charge >= 0.3 is 0 Å². The third-order valence-corrected chi connectivity index (χ3v) is 4.49. The molecule has 0 bridgehead atoms. The Morgan fingerprint density at radius 2 is 2.25 bits per heavy atom. The monoisotopic (exact) mass is 363 g/mol. The van der Waals surface area contributed by atoms with Crippen molar-refractivity contribution < 1.29 is 14.1 Å². The van der Waals surface area contributed by atoms with Crippen LogP contribution < -0.4 is 4.74 Å². The molecule has 0 unspecified atom stereocenters. The SMILES string of the molecule is COc1ccc(C(=O)N(C)Cc2nc(-c3cccs3)no2)cc1Cl. The van der Waals surface area contributed by atoms with Gasteiger partial charge < -0.3 is 14.2 Å². The maximum absolute atomic E-state index is 12.5. The molecule has 0 fully saturated rings. The van der Waals surface area contributed by atoms with Gasteiger partial charge in [0, 0.05) is 12.6 Å². The molecule has 8 heteroatoms. The lowest BCUT2D eigenvalue weighted by atomic mass is 10.2. The highest BCUT2D eigenvalue weighted by Crippen LogP contribution is 2.26. The van der Waals surface area contributed by atoms with E-state index < -0.39 is 0 Å². The van der Waals surface area contributed by atoms with Crippen molar-refractivity contribution in [2.24, 2.45) is 0 Å². The molecule has 0 aliphatic heterocycles. The summed E-state index contributed by atoms with van der Waals surface area (Å²) in [7, 11) is 3.19. The van der Waals surface area contributed by atoms with Gasteiger partial charge in [-0.1, -0.05) is 22.8 Å². The molecule has 0 aliphatic carbocycles. The van der Waals surface area contributed by atoms with E-state index in [0.717, 1.165) is 4.88 Å². The molecule has 3 rings (SSSR count). The molecule has 2 aromatic heterocycles. The van der Waals surface area contributed by atoms with Gasteiger partial charge in [-0.15, -0.1) is 11.3 Å². The van der Waals surface area contributed by atoms with Crippen LogP contribution in [0.15, 0.2) is 40.2 Å². The highest BCUT2D eigenvalue weighted by molar-refractivity contribution is 7.13. The van der Waals surface area contributed by atoms with Crippen molar-refractivity contribution in [3.63, 3.8) is 0 Å². The van der Waals surface area contributed by atoms with Gasteiger partial charge in [-0.2, -0.15) is 4.98 Å². The molecule has 0 spiro atoms. The molecule has 0 aliphatic rings. The standard InChI is InChI=1S/C16H14ClN3O3S/c1-20(16(21)10-5-6-12(22-2)11(17)8-10)9-14-18-15(19-23-14)13-4-3-7-24-13/h3-8H,9H2,1-2H3. The predicted octanol–water partition coefficient (Wildman–Crippen LogP) is 3.73. The Morgan fingerprint density at radius 3 is 2.92 bits per heavy atom. The van der Waals surface area contributed by atoms with Crippen LogP contribution in [0.5, 0.6) is 5.75 Å². The molecular weight excluding hydrogens is 350 g/mol. The highest BCUT2D eigenvalue weighted by atomic mass is 35.5. The Balaban J connectivity index is 1.71. The molecule has 6 nitrogen and oxygen atoms in total. The molecule has 0 N–H and O–H groups in total. The van der Waals surface area contributed by atoms with Gasteiger partial charge in [0.15, 0.2) is 0 Å². The summed E-state index contributed by atoms with van der Waals surface area (Å²) in [5, 5.41) is 6.25. The Morgan fingerprint density at radius 1 is 1.42 bits per heavy atom. The topological polar surface area (TPSA) is 68.5 Å². The normalized spacial score (nSPS) is 10.6. The van der Waals surface area contributed by atoms with Gasteiger partial charge in [0.05, 0.1) is 23.6 Å². The Kier molecular flexibility index (Phi) is 4.82. The number of rotatable bonds is 5. The predicted molar refractivity (Wildman–Crippen MR) is 91.4 cm³/mol. The summed E-state index contributed by atoms with van der Waals surface area (Å²) < 4.78 is 10.3. The molecule has 0 saturated heterocycles. The Bertz CT molecular complexity index is 848. The van der Waals surface area contributed by atoms with E-state index in [4.69, 9.17) is 20.9 Å². The number of carbonyl (C=O) groups is 1. The molecule has 124 valence electrons. The molecule has 1 aromatic carbocycles. The van der Waals surface area contributed by atoms with E-state index in [0.29, 0.717) is 28.1 Å². The zero-order valence-corrected chi connectivity index (χ0v) is 14.6. The highest BCUT2D eigenvalue weighted by Gasteiger charge is 2.17. The van der Waals surface area contributed by atoms with E-state index in [1.165, 1.54) is 23.3 Å². The van der Waals surface area contributed by atoms with Crippen LogP contribution in [0, 0.1) is 0 Å². The summed E-state index contributed by atoms with van der Waals surface area (Å²) in [5.41, 5.74) is 0.460. The first kappa shape index (κ1) is 16.5. The van der Waals surface area contributed by atoms with Crippen LogP contribution in [0.4, 0.5) is 0 Å². The molecule has 1 amide bonds. The molecule has 0 radical (unpaired) electrons. The van der Waals surface area contributed by atoms with Gasteiger partial charge in [-0.25, -0.2) is 0 Å². The van der Waals surface area contributed by atoms with E-state index in [9.17, 15) is 4.79 Å². The minimum atomic E-state index is -0.199. The average Bonchev–Trinajstić information content (AvgIpc) is 3.25. The summed E-state index contributed by atoms with van der Waals surface area (Å²) in [5.74, 6) is 1.21. The van der Waals surface area contributed by atoms with Gasteiger partial charge in [-0.05, 0) is 29.6 Å². The van der Waals surface area contributed by atoms with Crippen molar-refractivity contribution >= 4 is 28.8 Å². The minimum absolute atomic E-state index is 0.199. The third kappa shape index (κ3) is 3.42. The molecular formula is C16H14ClN3O3S. The second kappa shape index (κ2) is 7.02. The quantitative estimate of drug-likeness (QED) is 0.690. The number of nitrogens with zero attached hydrogens (tertiary/aromatic N) is 3. The van der Waals surface area contributed by atoms with E-state index in [2.05, 4.69) is 10.1 Å². The second-order valence-corrected chi connectivity index (χ2v) is 6.35. The summed E-state index contributed by atoms with van der Waals surface area (Å²) in [6, 6.07) is 8.72. The van der Waals surface area contributed by atoms with E-state index in [1.54, 1.807) is 25.2 Å². The van der Waals surface area contributed by atoms with Crippen LogP contribution in [-0.4, -0.2) is 35.1 Å². The van der Waals surface area contributed by atoms with Crippen molar-refractivity contribution in [2.45, 2.75) is 6.54 Å². The number of halogens is 1. The maximum Gasteiger partial charge on any atom is 0.254 e. The number of benzene rings is 1. The van der Waals surface area contributed by atoms with Crippen LogP contribution in [0.25, 0.3) is 10.7 Å². The van der Waals surface area contributed by atoms with Gasteiger partial charge in [-0.3, -0.25) is 4.79 Å². The van der Waals surface area contributed by atoms with Crippen molar-refractivity contribution in [2.75, 3.05) is 14.2 Å². The molecule has 0 saturated carbocycles. The second-order valence-electron chi connectivity index (χ2n) is 5.00. The summed E-state index contributed by atoms with van der Waals surface area (Å²) >= 11 is 7.59. The number of aromatic nitrogens is 2. The first-order valence-electron chi connectivity index (χ1n) is 7.04. The zero-order chi connectivity index (χ0) is 17.1. The summed E-state index contributed by atoms with van der Waals surface area (Å²) in [6.45, 7) is 0.209. The van der Waals surface area contributed by atoms with Crippen molar-refractivity contribution in [3.05, 3.63) is 52.2 Å². The summed E-state index contributed by atoms with van der Waals surface area (Å²) in [4.78, 5) is 19.2. The Hall–Kier alpha value is -2.38. The van der Waals surface area contributed by atoms with Crippen LogP contribution in [0.1, 0.15) is 16.2 Å². The van der Waals surface area contributed by atoms with E-state index >= 15 is 0 Å². The molecule has 0 atom stereocenters. The molecule has 24 heavy (non-hydrogen) atoms. The van der Waals surface area contributed by atoms with Crippen molar-refractivity contribution in [3.8, 4) is 16.5 Å². The first-order valence-corrected chi connectivity index (χ1v) is 8.29. The lowest BCUT2D eigenvalue weighted by Crippen LogP contribution is -2.26. The number of methoxy groups -OCH3 is 1. The fourth-order valence-corrected chi connectivity index (χ4v) is 3.03. The zero-order valence-electron chi connectivity index (χ0n) is 13.0. The Labute approximate surface area is 147 Å². The van der Waals surface area contributed by atoms with Crippen LogP contribution in [-0.2, 0) is 6.54 Å². The smallest absolute Gasteiger partial charge is 0.254 e. The number of hydrogen-bond acceptors (Lipinski definition) is 6. The van der Waals surface area contributed by atoms with Crippen LogP contribution >= 0.6 is 22.9 Å². The fraction of sp³-hybridized carbons (Fsp3) is 0.188. The number of amides is 1. The van der Waals surface area contributed by atoms with E-state index in [1.807, 2.05) is 17.5 Å². The van der Waals surface area contributed by atoms with E-state index in [-0.39, 0.29) is 12.5 Å². The number of hydrogen-bond donors (Lipinski definition) is 0. The third-order valence-electron chi connectivity index (χ3n) is 3.33. The van der Waals surface area contributed by atoms with Gasteiger partial charge in [0.25, 0.3) is 5.91 Å². The number of thiophene rings is 1. The van der Waals surface area contributed by atoms with Crippen LogP contribution in [0.2, 0.25) is 5.02 Å². The number of ether oxygens (including phenoxy) is 1. The minimum Gasteiger partial charge on any atom is -0.495 e. The van der Waals surface area contributed by atoms with Crippen molar-refractivity contribution in [1.82, 2.24) is 15.0 Å². The van der Waals surface area contributed by atoms with Gasteiger partial charge in [0.2, 0.25) is 11.7 Å². The first-order chi connectivity index (χ1) is 11.6. The lowest BCUT2D eigenvalue weighted by molar-refractivity contribution is 0.0769. The molecule has 3 aromatic rings. The van der Waals surface area contributed by atoms with Crippen LogP contribution in [0.3, 0.4) is 0 Å². The molecule has 2 heterocycles. The largest absolute Gasteiger partial charge is 0.495 e. The fourth-order valence-electron chi connectivity index (χ4n) is 2.12.